The van der Waals surface area contributed by atoms with Crippen LogP contribution in [0.5, 0.6) is 0 Å². The van der Waals surface area contributed by atoms with E-state index in [4.69, 9.17) is 37.0 Å². The van der Waals surface area contributed by atoms with Crippen molar-refractivity contribution in [3.63, 3.8) is 0 Å². The van der Waals surface area contributed by atoms with Crippen molar-refractivity contribution in [3.8, 4) is 0 Å². The highest BCUT2D eigenvalue weighted by atomic mass is 31.2. The highest BCUT2D eigenvalue weighted by Crippen LogP contribution is 2.45. The molecule has 584 valence electrons. The molecule has 17 nitrogen and oxygen atoms in total. The molecular formula is C81H148O17P2. The van der Waals surface area contributed by atoms with Crippen molar-refractivity contribution in [2.75, 3.05) is 39.6 Å². The molecule has 0 heterocycles. The van der Waals surface area contributed by atoms with Gasteiger partial charge in [0.05, 0.1) is 26.4 Å². The maximum absolute atomic E-state index is 13.1. The Balaban J connectivity index is 5.35. The molecule has 0 aliphatic rings. The second-order valence-corrected chi connectivity index (χ2v) is 30.3. The number of hydrogen-bond acceptors (Lipinski definition) is 15. The quantitative estimate of drug-likeness (QED) is 0.0169. The minimum absolute atomic E-state index is 0.0857. The van der Waals surface area contributed by atoms with Crippen LogP contribution in [-0.2, 0) is 65.4 Å². The lowest BCUT2D eigenvalue weighted by atomic mass is 10.1. The predicted molar refractivity (Wildman–Crippen MR) is 409 cm³/mol. The lowest BCUT2D eigenvalue weighted by molar-refractivity contribution is -0.161. The molecule has 0 radical (unpaired) electrons. The first-order chi connectivity index (χ1) is 48.7. The van der Waals surface area contributed by atoms with Crippen LogP contribution in [0, 0.1) is 0 Å². The Morgan fingerprint density at radius 1 is 0.280 bits per heavy atom. The summed E-state index contributed by atoms with van der Waals surface area (Å²) in [4.78, 5) is 73.0. The second kappa shape index (κ2) is 74.0. The third-order valence-corrected chi connectivity index (χ3v) is 19.3. The van der Waals surface area contributed by atoms with Crippen LogP contribution in [0.1, 0.15) is 374 Å². The largest absolute Gasteiger partial charge is 0.472 e. The van der Waals surface area contributed by atoms with Crippen molar-refractivity contribution in [1.29, 1.82) is 0 Å². The molecule has 19 heteroatoms. The molecule has 0 aromatic carbocycles. The van der Waals surface area contributed by atoms with E-state index >= 15 is 0 Å². The van der Waals surface area contributed by atoms with Gasteiger partial charge in [-0.1, -0.05) is 275 Å². The summed E-state index contributed by atoms with van der Waals surface area (Å²) in [7, 11) is -9.95. The molecule has 0 amide bonds. The van der Waals surface area contributed by atoms with Crippen LogP contribution in [0.3, 0.4) is 0 Å². The molecule has 0 rings (SSSR count). The molecule has 0 aromatic rings. The van der Waals surface area contributed by atoms with Crippen molar-refractivity contribution in [2.45, 2.75) is 393 Å². The molecule has 5 atom stereocenters. The minimum atomic E-state index is -4.98. The Hall–Kier alpha value is -3.24. The van der Waals surface area contributed by atoms with Crippen LogP contribution < -0.4 is 0 Å². The van der Waals surface area contributed by atoms with E-state index in [0.29, 0.717) is 25.7 Å². The number of carbonyl (C=O) groups excluding carboxylic acids is 4. The summed E-state index contributed by atoms with van der Waals surface area (Å²) in [5.74, 6) is -2.18. The van der Waals surface area contributed by atoms with E-state index in [1.807, 2.05) is 0 Å². The molecule has 0 spiro atoms. The number of carbonyl (C=O) groups is 4. The van der Waals surface area contributed by atoms with Gasteiger partial charge < -0.3 is 33.8 Å². The zero-order valence-corrected chi connectivity index (χ0v) is 65.7. The number of phosphoric ester groups is 2. The number of phosphoric acid groups is 2. The van der Waals surface area contributed by atoms with Crippen LogP contribution in [0.4, 0.5) is 0 Å². The highest BCUT2D eigenvalue weighted by Gasteiger charge is 2.30. The molecule has 100 heavy (non-hydrogen) atoms. The third-order valence-electron chi connectivity index (χ3n) is 17.4. The fourth-order valence-electron chi connectivity index (χ4n) is 11.2. The van der Waals surface area contributed by atoms with Gasteiger partial charge in [-0.05, 0) is 135 Å². The van der Waals surface area contributed by atoms with E-state index in [2.05, 4.69) is 88.5 Å². The number of hydrogen-bond donors (Lipinski definition) is 3. The number of rotatable bonds is 77. The Labute approximate surface area is 610 Å². The Kier molecular flexibility index (Phi) is 71.6. The van der Waals surface area contributed by atoms with Gasteiger partial charge in [0, 0.05) is 25.7 Å². The summed E-state index contributed by atoms with van der Waals surface area (Å²) >= 11 is 0. The summed E-state index contributed by atoms with van der Waals surface area (Å²) < 4.78 is 68.6. The van der Waals surface area contributed by atoms with Crippen LogP contribution in [-0.4, -0.2) is 96.7 Å². The molecule has 0 saturated heterocycles. The number of esters is 4. The number of aliphatic hydroxyl groups excluding tert-OH is 1. The summed E-state index contributed by atoms with van der Waals surface area (Å²) in [5.41, 5.74) is 0. The standard InChI is InChI=1S/C81H148O17P2/c1-5-9-13-17-21-25-29-33-37-41-45-49-53-57-61-65-78(83)91-71-76(97-80(85)67-63-59-55-51-47-43-39-35-31-27-23-19-15-11-7-3)73-95-99(87,88)93-69-75(82)70-94-100(89,90)96-74-77(98-81(86)68-64-60-56-52-48-44-40-36-32-28-24-20-16-12-8-4)72-92-79(84)66-62-58-54-50-46-42-38-34-30-26-22-18-14-10-6-2/h21,25,28,32-35,37-39,75-77,82H,5-20,22-24,26-27,29-31,36,40-74H2,1-4H3,(H,87,88)(H,89,90)/b25-21-,32-28-,37-33-,38-34-,39-35-/t75-,76-,77-/m1/s1. The van der Waals surface area contributed by atoms with E-state index in [1.54, 1.807) is 0 Å². The van der Waals surface area contributed by atoms with E-state index in [1.165, 1.54) is 122 Å². The van der Waals surface area contributed by atoms with Gasteiger partial charge in [-0.15, -0.1) is 0 Å². The molecule has 3 N–H and O–H groups in total. The van der Waals surface area contributed by atoms with Gasteiger partial charge in [-0.3, -0.25) is 37.3 Å². The average molecular weight is 1460 g/mol. The Morgan fingerprint density at radius 2 is 0.490 bits per heavy atom. The van der Waals surface area contributed by atoms with Crippen molar-refractivity contribution in [3.05, 3.63) is 60.8 Å². The fraction of sp³-hybridized carbons (Fsp3) is 0.827. The average Bonchev–Trinajstić information content (AvgIpc) is 1.01. The lowest BCUT2D eigenvalue weighted by Gasteiger charge is -2.21. The van der Waals surface area contributed by atoms with Crippen LogP contribution in [0.25, 0.3) is 0 Å². The molecule has 0 bridgehead atoms. The monoisotopic (exact) mass is 1460 g/mol. The summed E-state index contributed by atoms with van der Waals surface area (Å²) in [6, 6.07) is 0. The number of allylic oxidation sites excluding steroid dienone is 10. The number of aliphatic hydroxyl groups is 1. The summed E-state index contributed by atoms with van der Waals surface area (Å²) in [5, 5.41) is 10.6. The van der Waals surface area contributed by atoms with Crippen LogP contribution >= 0.6 is 15.6 Å². The van der Waals surface area contributed by atoms with Gasteiger partial charge in [0.1, 0.15) is 19.3 Å². The lowest BCUT2D eigenvalue weighted by Crippen LogP contribution is -2.30. The number of ether oxygens (including phenoxy) is 4. The van der Waals surface area contributed by atoms with Crippen molar-refractivity contribution >= 4 is 39.5 Å². The summed E-state index contributed by atoms with van der Waals surface area (Å²) in [6.45, 7) is 4.86. The normalized spacial score (nSPS) is 14.2. The maximum Gasteiger partial charge on any atom is 0.472 e. The van der Waals surface area contributed by atoms with Gasteiger partial charge in [-0.2, -0.15) is 0 Å². The first-order valence-electron chi connectivity index (χ1n) is 40.5. The Bertz CT molecular complexity index is 2130. The highest BCUT2D eigenvalue weighted by molar-refractivity contribution is 7.47. The molecule has 0 aliphatic carbocycles. The zero-order chi connectivity index (χ0) is 73.2. The SMILES string of the molecule is CCCCC/C=C\C/C=C\CCCCCCCC(=O)OC[C@H](COP(=O)(O)OC[C@@H](O)COP(=O)(O)OC[C@@H](COC(=O)CCCCCCC/C=C\CCCCCCCC)OC(=O)CCCCCCCCC/C=C\CCCCCC)OC(=O)CCCCCCC/C=C\CCCCCCCC. The van der Waals surface area contributed by atoms with E-state index in [0.717, 1.165) is 173 Å². The van der Waals surface area contributed by atoms with Crippen LogP contribution in [0.15, 0.2) is 60.8 Å². The van der Waals surface area contributed by atoms with Gasteiger partial charge in [0.25, 0.3) is 0 Å². The molecule has 0 fully saturated rings. The Morgan fingerprint density at radius 3 is 0.780 bits per heavy atom. The van der Waals surface area contributed by atoms with Crippen LogP contribution in [0.2, 0.25) is 0 Å². The molecule has 0 saturated carbocycles. The van der Waals surface area contributed by atoms with Crippen molar-refractivity contribution < 1.29 is 80.2 Å². The van der Waals surface area contributed by atoms with Gasteiger partial charge in [-0.25, -0.2) is 9.13 Å². The first kappa shape index (κ1) is 96.8. The van der Waals surface area contributed by atoms with E-state index < -0.39 is 97.5 Å². The second-order valence-electron chi connectivity index (χ2n) is 27.3. The smallest absolute Gasteiger partial charge is 0.462 e. The molecule has 0 aliphatic heterocycles. The topological polar surface area (TPSA) is 237 Å². The van der Waals surface area contributed by atoms with Crippen molar-refractivity contribution in [1.82, 2.24) is 0 Å². The maximum atomic E-state index is 13.1. The number of unbranched alkanes of at least 4 members (excludes halogenated alkanes) is 41. The minimum Gasteiger partial charge on any atom is -0.462 e. The molecular weight excluding hydrogens is 1310 g/mol. The van der Waals surface area contributed by atoms with E-state index in [-0.39, 0.29) is 25.7 Å². The first-order valence-corrected chi connectivity index (χ1v) is 43.5. The zero-order valence-electron chi connectivity index (χ0n) is 63.9. The van der Waals surface area contributed by atoms with Crippen molar-refractivity contribution in [2.24, 2.45) is 0 Å². The van der Waals surface area contributed by atoms with Gasteiger partial charge in [0.15, 0.2) is 12.2 Å². The van der Waals surface area contributed by atoms with E-state index in [9.17, 15) is 43.2 Å². The molecule has 2 unspecified atom stereocenters. The third kappa shape index (κ3) is 73.1. The molecule has 0 aromatic heterocycles. The van der Waals surface area contributed by atoms with Gasteiger partial charge >= 0.3 is 39.5 Å². The predicted octanol–water partition coefficient (Wildman–Crippen LogP) is 23.5. The summed E-state index contributed by atoms with van der Waals surface area (Å²) in [6.07, 6.45) is 73.3. The van der Waals surface area contributed by atoms with Gasteiger partial charge in [0.2, 0.25) is 0 Å². The fourth-order valence-corrected chi connectivity index (χ4v) is 12.8.